The van der Waals surface area contributed by atoms with Gasteiger partial charge in [0.25, 0.3) is 0 Å². The lowest BCUT2D eigenvalue weighted by Crippen LogP contribution is -2.48. The van der Waals surface area contributed by atoms with E-state index in [1.807, 2.05) is 6.20 Å². The molecule has 4 nitrogen and oxygen atoms in total. The Balaban J connectivity index is 2.19. The molecule has 0 aliphatic carbocycles. The number of aryl methyl sites for hydroxylation is 1. The van der Waals surface area contributed by atoms with Gasteiger partial charge in [-0.3, -0.25) is 4.90 Å². The summed E-state index contributed by atoms with van der Waals surface area (Å²) in [5.74, 6) is 3.62. The van der Waals surface area contributed by atoms with Gasteiger partial charge in [0.2, 0.25) is 0 Å². The Hall–Kier alpha value is -0.520. The summed E-state index contributed by atoms with van der Waals surface area (Å²) in [6.07, 6.45) is 5.17. The summed E-state index contributed by atoms with van der Waals surface area (Å²) in [4.78, 5) is 7.10. The van der Waals surface area contributed by atoms with Crippen LogP contribution in [0.2, 0.25) is 0 Å². The second-order valence-electron chi connectivity index (χ2n) is 5.13. The summed E-state index contributed by atoms with van der Waals surface area (Å²) in [6.45, 7) is 7.61. The lowest BCUT2D eigenvalue weighted by atomic mass is 10.1. The fourth-order valence-electron chi connectivity index (χ4n) is 2.62. The van der Waals surface area contributed by atoms with Gasteiger partial charge in [0, 0.05) is 43.0 Å². The van der Waals surface area contributed by atoms with Crippen molar-refractivity contribution in [2.45, 2.75) is 38.9 Å². The quantitative estimate of drug-likeness (QED) is 0.865. The molecule has 0 radical (unpaired) electrons. The maximum Gasteiger partial charge on any atom is 0.127 e. The SMILES string of the molecule is CCCNC(c1nccn1CC)C1CSCCN1C. The topological polar surface area (TPSA) is 33.1 Å². The molecule has 2 heterocycles. The van der Waals surface area contributed by atoms with Crippen LogP contribution in [0.25, 0.3) is 0 Å². The number of likely N-dealkylation sites (N-methyl/N-ethyl adjacent to an activating group) is 1. The number of nitrogens with one attached hydrogen (secondary N) is 1. The van der Waals surface area contributed by atoms with Gasteiger partial charge in [-0.25, -0.2) is 4.98 Å². The molecule has 5 heteroatoms. The molecule has 19 heavy (non-hydrogen) atoms. The third kappa shape index (κ3) is 3.52. The molecular formula is C14H26N4S. The molecule has 0 bridgehead atoms. The van der Waals surface area contributed by atoms with E-state index in [0.29, 0.717) is 12.1 Å². The standard InChI is InChI=1S/C14H26N4S/c1-4-6-15-13(12-11-19-10-9-17(12)3)14-16-7-8-18(14)5-2/h7-8,12-13,15H,4-6,9-11H2,1-3H3. The van der Waals surface area contributed by atoms with Crippen molar-refractivity contribution in [2.24, 2.45) is 0 Å². The van der Waals surface area contributed by atoms with Gasteiger partial charge in [-0.05, 0) is 26.9 Å². The van der Waals surface area contributed by atoms with E-state index in [4.69, 9.17) is 0 Å². The zero-order valence-electron chi connectivity index (χ0n) is 12.3. The molecule has 1 aromatic rings. The van der Waals surface area contributed by atoms with Crippen LogP contribution in [0.5, 0.6) is 0 Å². The van der Waals surface area contributed by atoms with Gasteiger partial charge in [0.05, 0.1) is 6.04 Å². The minimum Gasteiger partial charge on any atom is -0.334 e. The Morgan fingerprint density at radius 1 is 1.53 bits per heavy atom. The molecule has 0 amide bonds. The second-order valence-corrected chi connectivity index (χ2v) is 6.28. The summed E-state index contributed by atoms with van der Waals surface area (Å²) in [5.41, 5.74) is 0. The molecule has 1 aromatic heterocycles. The van der Waals surface area contributed by atoms with Gasteiger partial charge in [-0.1, -0.05) is 6.92 Å². The summed E-state index contributed by atoms with van der Waals surface area (Å²) in [5, 5.41) is 3.71. The molecule has 2 unspecified atom stereocenters. The van der Waals surface area contributed by atoms with Crippen LogP contribution in [0.15, 0.2) is 12.4 Å². The Bertz CT molecular complexity index is 379. The Labute approximate surface area is 121 Å². The van der Waals surface area contributed by atoms with Gasteiger partial charge in [-0.15, -0.1) is 0 Å². The highest BCUT2D eigenvalue weighted by atomic mass is 32.2. The first-order valence-electron chi connectivity index (χ1n) is 7.30. The Morgan fingerprint density at radius 3 is 3.05 bits per heavy atom. The van der Waals surface area contributed by atoms with Crippen LogP contribution < -0.4 is 5.32 Å². The fraction of sp³-hybridized carbons (Fsp3) is 0.786. The maximum absolute atomic E-state index is 4.61. The summed E-state index contributed by atoms with van der Waals surface area (Å²) in [6, 6.07) is 0.880. The van der Waals surface area contributed by atoms with Crippen LogP contribution in [0.4, 0.5) is 0 Å². The number of hydrogen-bond donors (Lipinski definition) is 1. The molecule has 1 fully saturated rings. The van der Waals surface area contributed by atoms with E-state index in [1.165, 1.54) is 23.9 Å². The number of thioether (sulfide) groups is 1. The molecule has 0 spiro atoms. The largest absolute Gasteiger partial charge is 0.334 e. The van der Waals surface area contributed by atoms with Crippen LogP contribution in [0.1, 0.15) is 32.1 Å². The van der Waals surface area contributed by atoms with E-state index in [2.05, 4.69) is 58.6 Å². The van der Waals surface area contributed by atoms with E-state index in [0.717, 1.165) is 19.5 Å². The van der Waals surface area contributed by atoms with Crippen LogP contribution in [0, 0.1) is 0 Å². The molecule has 1 saturated heterocycles. The molecule has 0 aromatic carbocycles. The highest BCUT2D eigenvalue weighted by molar-refractivity contribution is 7.99. The van der Waals surface area contributed by atoms with Crippen LogP contribution >= 0.6 is 11.8 Å². The van der Waals surface area contributed by atoms with Gasteiger partial charge in [0.1, 0.15) is 5.82 Å². The van der Waals surface area contributed by atoms with Gasteiger partial charge >= 0.3 is 0 Å². The monoisotopic (exact) mass is 282 g/mol. The normalized spacial score (nSPS) is 22.6. The molecule has 0 saturated carbocycles. The van der Waals surface area contributed by atoms with Crippen molar-refractivity contribution in [3.05, 3.63) is 18.2 Å². The summed E-state index contributed by atoms with van der Waals surface area (Å²) in [7, 11) is 2.24. The van der Waals surface area contributed by atoms with Crippen molar-refractivity contribution in [3.8, 4) is 0 Å². The maximum atomic E-state index is 4.61. The van der Waals surface area contributed by atoms with Crippen molar-refractivity contribution in [2.75, 3.05) is 31.6 Å². The first-order chi connectivity index (χ1) is 9.27. The predicted molar refractivity (Wildman–Crippen MR) is 82.7 cm³/mol. The van der Waals surface area contributed by atoms with Crippen molar-refractivity contribution < 1.29 is 0 Å². The predicted octanol–water partition coefficient (Wildman–Crippen LogP) is 1.99. The smallest absolute Gasteiger partial charge is 0.127 e. The van der Waals surface area contributed by atoms with Gasteiger partial charge in [-0.2, -0.15) is 11.8 Å². The zero-order chi connectivity index (χ0) is 13.7. The number of aromatic nitrogens is 2. The van der Waals surface area contributed by atoms with E-state index < -0.39 is 0 Å². The highest BCUT2D eigenvalue weighted by Crippen LogP contribution is 2.26. The van der Waals surface area contributed by atoms with Crippen molar-refractivity contribution in [1.82, 2.24) is 19.8 Å². The third-order valence-electron chi connectivity index (χ3n) is 3.81. The van der Waals surface area contributed by atoms with E-state index >= 15 is 0 Å². The Kier molecular flexibility index (Phi) is 5.73. The molecule has 1 aliphatic rings. The van der Waals surface area contributed by atoms with Gasteiger partial charge in [0.15, 0.2) is 0 Å². The first-order valence-corrected chi connectivity index (χ1v) is 8.45. The molecule has 2 atom stereocenters. The van der Waals surface area contributed by atoms with E-state index in [9.17, 15) is 0 Å². The van der Waals surface area contributed by atoms with Crippen LogP contribution in [-0.4, -0.2) is 52.1 Å². The van der Waals surface area contributed by atoms with Crippen molar-refractivity contribution >= 4 is 11.8 Å². The van der Waals surface area contributed by atoms with E-state index in [1.54, 1.807) is 0 Å². The number of hydrogen-bond acceptors (Lipinski definition) is 4. The number of nitrogens with zero attached hydrogens (tertiary/aromatic N) is 3. The minimum absolute atomic E-state index is 0.340. The third-order valence-corrected chi connectivity index (χ3v) is 4.86. The van der Waals surface area contributed by atoms with Crippen LogP contribution in [-0.2, 0) is 6.54 Å². The molecule has 1 aliphatic heterocycles. The first kappa shape index (κ1) is 14.9. The lowest BCUT2D eigenvalue weighted by molar-refractivity contribution is 0.208. The van der Waals surface area contributed by atoms with Gasteiger partial charge < -0.3 is 9.88 Å². The molecule has 2 rings (SSSR count). The lowest BCUT2D eigenvalue weighted by Gasteiger charge is -2.38. The van der Waals surface area contributed by atoms with Crippen molar-refractivity contribution in [1.29, 1.82) is 0 Å². The minimum atomic E-state index is 0.340. The molecular weight excluding hydrogens is 256 g/mol. The average Bonchev–Trinajstić information content (AvgIpc) is 2.89. The highest BCUT2D eigenvalue weighted by Gasteiger charge is 2.31. The summed E-state index contributed by atoms with van der Waals surface area (Å²) >= 11 is 2.06. The molecule has 1 N–H and O–H groups in total. The van der Waals surface area contributed by atoms with E-state index in [-0.39, 0.29) is 0 Å². The van der Waals surface area contributed by atoms with Crippen LogP contribution in [0.3, 0.4) is 0 Å². The zero-order valence-corrected chi connectivity index (χ0v) is 13.1. The second kappa shape index (κ2) is 7.31. The number of imidazole rings is 1. The average molecular weight is 282 g/mol. The summed E-state index contributed by atoms with van der Waals surface area (Å²) < 4.78 is 2.26. The molecule has 108 valence electrons. The fourth-order valence-corrected chi connectivity index (χ4v) is 3.89. The Morgan fingerprint density at radius 2 is 2.37 bits per heavy atom. The van der Waals surface area contributed by atoms with Crippen molar-refractivity contribution in [3.63, 3.8) is 0 Å². The number of rotatable bonds is 6.